The van der Waals surface area contributed by atoms with Gasteiger partial charge >= 0.3 is 6.03 Å². The van der Waals surface area contributed by atoms with Gasteiger partial charge in [-0.25, -0.2) is 9.18 Å². The number of rotatable bonds is 6. The number of nitrogens with one attached hydrogen (secondary N) is 1. The molecule has 1 N–H and O–H groups in total. The summed E-state index contributed by atoms with van der Waals surface area (Å²) in [5.74, 6) is -0.717. The maximum atomic E-state index is 13.1. The Kier molecular flexibility index (Phi) is 3.97. The SMILES string of the molecule is CC1(C2CC2)NC(=O)N(CC(=O)N(Cc2ccc(F)cc2)C2CC2)C1=O. The molecule has 26 heavy (non-hydrogen) atoms. The third-order valence-electron chi connectivity index (χ3n) is 5.56. The van der Waals surface area contributed by atoms with E-state index in [9.17, 15) is 18.8 Å². The Balaban J connectivity index is 1.46. The van der Waals surface area contributed by atoms with Gasteiger partial charge in [-0.15, -0.1) is 0 Å². The lowest BCUT2D eigenvalue weighted by Gasteiger charge is -2.25. The minimum atomic E-state index is -0.876. The molecule has 2 aliphatic carbocycles. The number of amides is 4. The van der Waals surface area contributed by atoms with E-state index in [0.29, 0.717) is 6.54 Å². The Labute approximate surface area is 151 Å². The summed E-state index contributed by atoms with van der Waals surface area (Å²) in [4.78, 5) is 40.5. The van der Waals surface area contributed by atoms with E-state index < -0.39 is 11.6 Å². The molecule has 3 aliphatic rings. The molecule has 7 heteroatoms. The van der Waals surface area contributed by atoms with E-state index in [1.165, 1.54) is 12.1 Å². The highest BCUT2D eigenvalue weighted by Gasteiger charge is 2.56. The van der Waals surface area contributed by atoms with Gasteiger partial charge in [0.15, 0.2) is 0 Å². The summed E-state index contributed by atoms with van der Waals surface area (Å²) in [6.07, 6.45) is 3.66. The molecule has 1 unspecified atom stereocenters. The van der Waals surface area contributed by atoms with Crippen molar-refractivity contribution in [1.29, 1.82) is 0 Å². The molecule has 0 radical (unpaired) electrons. The van der Waals surface area contributed by atoms with E-state index in [2.05, 4.69) is 5.32 Å². The minimum absolute atomic E-state index is 0.128. The summed E-state index contributed by atoms with van der Waals surface area (Å²) in [5, 5.41) is 2.76. The first kappa shape index (κ1) is 17.0. The molecule has 0 spiro atoms. The molecule has 4 amide bonds. The van der Waals surface area contributed by atoms with Crippen molar-refractivity contribution in [3.63, 3.8) is 0 Å². The van der Waals surface area contributed by atoms with Crippen LogP contribution < -0.4 is 5.32 Å². The van der Waals surface area contributed by atoms with Gasteiger partial charge in [0.2, 0.25) is 5.91 Å². The van der Waals surface area contributed by atoms with E-state index in [1.807, 2.05) is 0 Å². The Morgan fingerprint density at radius 3 is 2.46 bits per heavy atom. The number of carbonyl (C=O) groups excluding carboxylic acids is 3. The normalized spacial score (nSPS) is 25.4. The fourth-order valence-corrected chi connectivity index (χ4v) is 3.62. The van der Waals surface area contributed by atoms with Crippen molar-refractivity contribution in [1.82, 2.24) is 15.1 Å². The van der Waals surface area contributed by atoms with E-state index in [0.717, 1.165) is 36.1 Å². The van der Waals surface area contributed by atoms with Crippen molar-refractivity contribution in [3.05, 3.63) is 35.6 Å². The average Bonchev–Trinajstić information content (AvgIpc) is 3.49. The zero-order valence-corrected chi connectivity index (χ0v) is 14.7. The second kappa shape index (κ2) is 6.07. The zero-order valence-electron chi connectivity index (χ0n) is 14.7. The van der Waals surface area contributed by atoms with Crippen LogP contribution in [0.4, 0.5) is 9.18 Å². The fourth-order valence-electron chi connectivity index (χ4n) is 3.62. The van der Waals surface area contributed by atoms with Gasteiger partial charge in [-0.05, 0) is 56.2 Å². The van der Waals surface area contributed by atoms with Crippen LogP contribution in [0.1, 0.15) is 38.2 Å². The quantitative estimate of drug-likeness (QED) is 0.790. The molecule has 1 aliphatic heterocycles. The predicted octanol–water partition coefficient (Wildman–Crippen LogP) is 2.04. The number of urea groups is 1. The van der Waals surface area contributed by atoms with E-state index >= 15 is 0 Å². The standard InChI is InChI=1S/C19H22FN3O3/c1-19(13-4-5-13)17(25)23(18(26)21-19)11-16(24)22(15-8-9-15)10-12-2-6-14(20)7-3-12/h2-3,6-7,13,15H,4-5,8-11H2,1H3,(H,21,26). The molecule has 0 aromatic heterocycles. The highest BCUT2D eigenvalue weighted by Crippen LogP contribution is 2.42. The summed E-state index contributed by atoms with van der Waals surface area (Å²) in [6.45, 7) is 1.85. The number of carbonyl (C=O) groups is 3. The minimum Gasteiger partial charge on any atom is -0.334 e. The van der Waals surface area contributed by atoms with Crippen molar-refractivity contribution in [3.8, 4) is 0 Å². The molecular formula is C19H22FN3O3. The first-order chi connectivity index (χ1) is 12.4. The van der Waals surface area contributed by atoms with Crippen molar-refractivity contribution in [2.24, 2.45) is 5.92 Å². The number of benzene rings is 1. The van der Waals surface area contributed by atoms with Gasteiger partial charge < -0.3 is 10.2 Å². The average molecular weight is 359 g/mol. The predicted molar refractivity (Wildman–Crippen MR) is 91.3 cm³/mol. The van der Waals surface area contributed by atoms with Crippen LogP contribution in [0.5, 0.6) is 0 Å². The molecule has 1 aromatic carbocycles. The molecule has 2 saturated carbocycles. The third kappa shape index (κ3) is 3.06. The number of nitrogens with zero attached hydrogens (tertiary/aromatic N) is 2. The second-order valence-corrected chi connectivity index (χ2v) is 7.68. The van der Waals surface area contributed by atoms with Crippen LogP contribution in [0.2, 0.25) is 0 Å². The van der Waals surface area contributed by atoms with Gasteiger partial charge in [0.05, 0.1) is 0 Å². The lowest BCUT2D eigenvalue weighted by molar-refractivity contribution is -0.139. The van der Waals surface area contributed by atoms with E-state index in [-0.39, 0.29) is 36.1 Å². The molecule has 1 atom stereocenters. The van der Waals surface area contributed by atoms with Gasteiger partial charge in [-0.2, -0.15) is 0 Å². The first-order valence-electron chi connectivity index (χ1n) is 9.06. The van der Waals surface area contributed by atoms with Crippen LogP contribution in [-0.4, -0.2) is 45.8 Å². The highest BCUT2D eigenvalue weighted by molar-refractivity contribution is 6.09. The summed E-state index contributed by atoms with van der Waals surface area (Å²) in [5.41, 5.74) is -0.0506. The Bertz CT molecular complexity index is 758. The van der Waals surface area contributed by atoms with Crippen LogP contribution in [0.25, 0.3) is 0 Å². The van der Waals surface area contributed by atoms with Crippen molar-refractivity contribution >= 4 is 17.8 Å². The Morgan fingerprint density at radius 2 is 1.88 bits per heavy atom. The van der Waals surface area contributed by atoms with Crippen LogP contribution in [0.15, 0.2) is 24.3 Å². The van der Waals surface area contributed by atoms with Gasteiger partial charge in [0, 0.05) is 12.6 Å². The third-order valence-corrected chi connectivity index (χ3v) is 5.56. The van der Waals surface area contributed by atoms with Gasteiger partial charge in [-0.3, -0.25) is 14.5 Å². The van der Waals surface area contributed by atoms with E-state index in [4.69, 9.17) is 0 Å². The second-order valence-electron chi connectivity index (χ2n) is 7.68. The highest BCUT2D eigenvalue weighted by atomic mass is 19.1. The number of hydrogen-bond donors (Lipinski definition) is 1. The molecule has 0 bridgehead atoms. The Hall–Kier alpha value is -2.44. The first-order valence-corrected chi connectivity index (χ1v) is 9.06. The molecule has 6 nitrogen and oxygen atoms in total. The Morgan fingerprint density at radius 1 is 1.23 bits per heavy atom. The molecule has 1 saturated heterocycles. The number of hydrogen-bond acceptors (Lipinski definition) is 3. The molecular weight excluding hydrogens is 337 g/mol. The fraction of sp³-hybridized carbons (Fsp3) is 0.526. The van der Waals surface area contributed by atoms with Crippen LogP contribution >= 0.6 is 0 Å². The lowest BCUT2D eigenvalue weighted by Crippen LogP contribution is -2.47. The van der Waals surface area contributed by atoms with Crippen LogP contribution in [-0.2, 0) is 16.1 Å². The van der Waals surface area contributed by atoms with Gasteiger partial charge in [0.25, 0.3) is 5.91 Å². The van der Waals surface area contributed by atoms with Gasteiger partial charge in [-0.1, -0.05) is 12.1 Å². The molecule has 1 heterocycles. The molecule has 4 rings (SSSR count). The smallest absolute Gasteiger partial charge is 0.325 e. The van der Waals surface area contributed by atoms with Crippen LogP contribution in [0, 0.1) is 11.7 Å². The molecule has 1 aromatic rings. The van der Waals surface area contributed by atoms with Crippen LogP contribution in [0.3, 0.4) is 0 Å². The van der Waals surface area contributed by atoms with Crippen molar-refractivity contribution < 1.29 is 18.8 Å². The monoisotopic (exact) mass is 359 g/mol. The molecule has 138 valence electrons. The topological polar surface area (TPSA) is 69.7 Å². The van der Waals surface area contributed by atoms with Crippen molar-refractivity contribution in [2.75, 3.05) is 6.54 Å². The largest absolute Gasteiger partial charge is 0.334 e. The van der Waals surface area contributed by atoms with Crippen molar-refractivity contribution in [2.45, 2.75) is 50.7 Å². The maximum absolute atomic E-state index is 13.1. The summed E-state index contributed by atoms with van der Waals surface area (Å²) in [7, 11) is 0. The maximum Gasteiger partial charge on any atom is 0.325 e. The lowest BCUT2D eigenvalue weighted by atomic mass is 9.96. The van der Waals surface area contributed by atoms with Gasteiger partial charge in [0.1, 0.15) is 17.9 Å². The number of halogens is 1. The summed E-state index contributed by atoms with van der Waals surface area (Å²) >= 11 is 0. The molecule has 3 fully saturated rings. The summed E-state index contributed by atoms with van der Waals surface area (Å²) in [6, 6.07) is 5.66. The zero-order chi connectivity index (χ0) is 18.5. The number of imide groups is 1. The summed E-state index contributed by atoms with van der Waals surface area (Å²) < 4.78 is 13.1. The van der Waals surface area contributed by atoms with E-state index in [1.54, 1.807) is 24.0 Å².